The lowest BCUT2D eigenvalue weighted by molar-refractivity contribution is -0.515. The fourth-order valence-corrected chi connectivity index (χ4v) is 6.05. The predicted octanol–water partition coefficient (Wildman–Crippen LogP) is 2.94. The van der Waals surface area contributed by atoms with E-state index in [9.17, 15) is 27.5 Å². The highest BCUT2D eigenvalue weighted by Crippen LogP contribution is 2.47. The zero-order valence-corrected chi connectivity index (χ0v) is 22.2. The Kier molecular flexibility index (Phi) is 7.95. The molecule has 13 heteroatoms. The fourth-order valence-electron chi connectivity index (χ4n) is 6.05. The van der Waals surface area contributed by atoms with Crippen LogP contribution in [0.5, 0.6) is 0 Å². The van der Waals surface area contributed by atoms with E-state index in [1.165, 1.54) is 6.07 Å². The average molecular weight is 586 g/mol. The number of aliphatic hydroxyl groups is 1. The maximum absolute atomic E-state index is 15.0. The number of likely N-dealkylation sites (tertiary alicyclic amines) is 1. The van der Waals surface area contributed by atoms with Gasteiger partial charge in [-0.25, -0.2) is 19.3 Å². The van der Waals surface area contributed by atoms with Gasteiger partial charge in [-0.2, -0.15) is 17.6 Å². The van der Waals surface area contributed by atoms with Gasteiger partial charge in [-0.05, 0) is 43.0 Å². The quantitative estimate of drug-likeness (QED) is 0.281. The van der Waals surface area contributed by atoms with Crippen molar-refractivity contribution in [2.24, 2.45) is 5.92 Å². The number of hydrogen-bond acceptors (Lipinski definition) is 6. The van der Waals surface area contributed by atoms with Crippen LogP contribution in [-0.4, -0.2) is 55.6 Å². The number of H-pyrrole nitrogens is 1. The van der Waals surface area contributed by atoms with Gasteiger partial charge in [0.15, 0.2) is 5.82 Å². The van der Waals surface area contributed by atoms with E-state index in [2.05, 4.69) is 15.0 Å². The molecule has 0 bridgehead atoms. The molecule has 4 heterocycles. The molecule has 9 nitrogen and oxygen atoms in total. The highest BCUT2D eigenvalue weighted by Gasteiger charge is 2.51. The van der Waals surface area contributed by atoms with Gasteiger partial charge in [0, 0.05) is 30.9 Å². The number of alkyl halides is 3. The first-order valence-electron chi connectivity index (χ1n) is 13.4. The molecule has 6 rings (SSSR count). The smallest absolute Gasteiger partial charge is 0.430 e. The Labute approximate surface area is 237 Å². The van der Waals surface area contributed by atoms with E-state index >= 15 is 0 Å². The van der Waals surface area contributed by atoms with Gasteiger partial charge in [0.25, 0.3) is 0 Å². The third-order valence-electron chi connectivity index (χ3n) is 7.90. The van der Waals surface area contributed by atoms with E-state index in [1.807, 2.05) is 35.2 Å². The molecule has 0 unspecified atom stereocenters. The summed E-state index contributed by atoms with van der Waals surface area (Å²) in [7, 11) is 0. The molecule has 3 aromatic heterocycles. The minimum atomic E-state index is -5.19. The Morgan fingerprint density at radius 2 is 1.71 bits per heavy atom. The van der Waals surface area contributed by atoms with Crippen LogP contribution in [0.4, 0.5) is 17.6 Å². The Bertz CT molecular complexity index is 1580. The summed E-state index contributed by atoms with van der Waals surface area (Å²) in [5, 5.41) is 20.6. The average Bonchev–Trinajstić information content (AvgIpc) is 3.39. The summed E-state index contributed by atoms with van der Waals surface area (Å²) < 4.78 is 48.1. The third kappa shape index (κ3) is 5.43. The summed E-state index contributed by atoms with van der Waals surface area (Å²) in [6, 6.07) is 14.3. The molecule has 1 saturated heterocycles. The molecular formula is C29H27F4N5O4. The van der Waals surface area contributed by atoms with Gasteiger partial charge in [0.05, 0.1) is 11.8 Å². The third-order valence-corrected chi connectivity index (χ3v) is 7.90. The van der Waals surface area contributed by atoms with Crippen LogP contribution in [0.15, 0.2) is 67.1 Å². The van der Waals surface area contributed by atoms with E-state index in [0.29, 0.717) is 24.5 Å². The van der Waals surface area contributed by atoms with E-state index < -0.39 is 23.6 Å². The van der Waals surface area contributed by atoms with Crippen molar-refractivity contribution in [2.45, 2.75) is 49.9 Å². The van der Waals surface area contributed by atoms with Crippen molar-refractivity contribution >= 4 is 17.4 Å². The highest BCUT2D eigenvalue weighted by molar-refractivity contribution is 5.91. The monoisotopic (exact) mass is 585 g/mol. The Morgan fingerprint density at radius 1 is 1.05 bits per heavy atom. The number of carboxylic acid groups (broad SMARTS) is 1. The maximum Gasteiger partial charge on any atom is 0.430 e. The van der Waals surface area contributed by atoms with E-state index in [-0.39, 0.29) is 29.2 Å². The van der Waals surface area contributed by atoms with Gasteiger partial charge < -0.3 is 19.9 Å². The first kappa shape index (κ1) is 29.1. The molecule has 3 atom stereocenters. The number of aliphatic carboxylic acids is 1. The first-order valence-corrected chi connectivity index (χ1v) is 13.4. The first-order chi connectivity index (χ1) is 20.0. The molecule has 4 aromatic rings. The lowest BCUT2D eigenvalue weighted by Crippen LogP contribution is -2.59. The minimum absolute atomic E-state index is 0.0590. The summed E-state index contributed by atoms with van der Waals surface area (Å²) in [5.74, 6) is -3.15. The fraction of sp³-hybridized carbons (Fsp3) is 0.345. The van der Waals surface area contributed by atoms with Crippen LogP contribution in [0.1, 0.15) is 48.3 Å². The summed E-state index contributed by atoms with van der Waals surface area (Å²) in [6.07, 6.45) is 3.83. The van der Waals surface area contributed by atoms with Crippen molar-refractivity contribution < 1.29 is 41.8 Å². The van der Waals surface area contributed by atoms with Crippen molar-refractivity contribution in [1.29, 1.82) is 0 Å². The topological polar surface area (TPSA) is 126 Å². The lowest BCUT2D eigenvalue weighted by Gasteiger charge is -2.52. The predicted molar refractivity (Wildman–Crippen MR) is 138 cm³/mol. The number of benzene rings is 1. The number of amides is 1. The second kappa shape index (κ2) is 11.5. The summed E-state index contributed by atoms with van der Waals surface area (Å²) in [5.41, 5.74) is 0.544. The number of carbonyl (C=O) groups excluding carboxylic acids is 2. The van der Waals surface area contributed by atoms with Crippen molar-refractivity contribution in [3.05, 3.63) is 84.3 Å². The van der Waals surface area contributed by atoms with Crippen LogP contribution in [0, 0.1) is 11.7 Å². The second-order valence-corrected chi connectivity index (χ2v) is 10.3. The number of nitrogens with zero attached hydrogens (tertiary/aromatic N) is 4. The van der Waals surface area contributed by atoms with E-state index in [4.69, 9.17) is 9.90 Å². The van der Waals surface area contributed by atoms with Gasteiger partial charge in [-0.1, -0.05) is 43.2 Å². The number of aromatic amines is 1. The van der Waals surface area contributed by atoms with Crippen LogP contribution in [0.3, 0.4) is 0 Å². The highest BCUT2D eigenvalue weighted by atomic mass is 19.4. The zero-order valence-electron chi connectivity index (χ0n) is 22.2. The number of fused-ring (bicyclic) bond motifs is 2. The molecule has 0 radical (unpaired) electrons. The van der Waals surface area contributed by atoms with Gasteiger partial charge >= 0.3 is 17.9 Å². The van der Waals surface area contributed by atoms with Crippen molar-refractivity contribution in [2.75, 3.05) is 6.54 Å². The SMILES string of the molecule is O=C([O-])C(F)(F)F.O=C(c1[nH]c(-c2ncccn2)c2c(F)ccc[n+]12)N1CC[C@](O)(c2ccccc2)[C@H]2CCCC[C@H]21. The van der Waals surface area contributed by atoms with Crippen molar-refractivity contribution in [1.82, 2.24) is 19.9 Å². The Morgan fingerprint density at radius 3 is 2.38 bits per heavy atom. The zero-order chi connectivity index (χ0) is 30.1. The van der Waals surface area contributed by atoms with E-state index in [1.54, 1.807) is 35.1 Å². The van der Waals surface area contributed by atoms with E-state index in [0.717, 1.165) is 31.2 Å². The van der Waals surface area contributed by atoms with Crippen molar-refractivity contribution in [3.8, 4) is 11.5 Å². The second-order valence-electron chi connectivity index (χ2n) is 10.3. The number of carbonyl (C=O) groups is 2. The number of nitrogens with one attached hydrogen (secondary N) is 1. The Hall–Kier alpha value is -4.39. The van der Waals surface area contributed by atoms with Crippen LogP contribution in [0.25, 0.3) is 17.0 Å². The number of imidazole rings is 1. The van der Waals surface area contributed by atoms with Gasteiger partial charge in [-0.3, -0.25) is 4.79 Å². The normalized spacial score (nSPS) is 22.2. The van der Waals surface area contributed by atoms with Crippen LogP contribution >= 0.6 is 0 Å². The largest absolute Gasteiger partial charge is 0.542 e. The molecule has 1 aliphatic carbocycles. The molecule has 2 aliphatic rings. The van der Waals surface area contributed by atoms with Gasteiger partial charge in [-0.15, -0.1) is 0 Å². The molecule has 2 N–H and O–H groups in total. The number of rotatable bonds is 3. The van der Waals surface area contributed by atoms with Crippen LogP contribution in [0.2, 0.25) is 0 Å². The number of piperidine rings is 1. The molecular weight excluding hydrogens is 558 g/mol. The van der Waals surface area contributed by atoms with Crippen LogP contribution < -0.4 is 9.51 Å². The number of hydrogen-bond donors (Lipinski definition) is 2. The van der Waals surface area contributed by atoms with Gasteiger partial charge in [0.2, 0.25) is 17.0 Å². The van der Waals surface area contributed by atoms with Crippen LogP contribution in [-0.2, 0) is 10.4 Å². The number of aromatic nitrogens is 4. The Balaban J connectivity index is 0.000000451. The summed E-state index contributed by atoms with van der Waals surface area (Å²) in [4.78, 5) is 36.3. The molecule has 1 aliphatic heterocycles. The molecule has 1 amide bonds. The molecule has 0 spiro atoms. The lowest BCUT2D eigenvalue weighted by atomic mass is 9.66. The number of pyridine rings is 1. The molecule has 220 valence electrons. The van der Waals surface area contributed by atoms with Gasteiger partial charge in [0.1, 0.15) is 5.97 Å². The molecule has 1 saturated carbocycles. The maximum atomic E-state index is 15.0. The molecule has 42 heavy (non-hydrogen) atoms. The minimum Gasteiger partial charge on any atom is -0.542 e. The number of carboxylic acids is 1. The van der Waals surface area contributed by atoms with Crippen molar-refractivity contribution in [3.63, 3.8) is 0 Å². The number of halogens is 4. The summed E-state index contributed by atoms with van der Waals surface area (Å²) >= 11 is 0. The molecule has 2 fully saturated rings. The standard InChI is InChI=1S/C27H26FN5O2.C2HF3O2/c28-20-11-6-16-33-23(20)22(24-29-14-7-15-30-24)31-25(33)26(34)32-17-13-27(35,18-8-2-1-3-9-18)19-10-4-5-12-21(19)32;3-2(4,5)1(6)7/h1-3,6-9,11,14-16,19,21,35H,4-5,10,12-13,17H2;(H,6,7)/t19-,21+,27-;/m0./s1. The summed E-state index contributed by atoms with van der Waals surface area (Å²) in [6.45, 7) is 0.416. The molecule has 1 aromatic carbocycles.